The highest BCUT2D eigenvalue weighted by molar-refractivity contribution is 5.80. The molecule has 1 unspecified atom stereocenters. The van der Waals surface area contributed by atoms with E-state index in [1.165, 1.54) is 0 Å². The first kappa shape index (κ1) is 16.6. The lowest BCUT2D eigenvalue weighted by molar-refractivity contribution is 0.157. The molecular weight excluding hydrogens is 278 g/mol. The number of rotatable bonds is 6. The molecule has 0 radical (unpaired) electrons. The van der Waals surface area contributed by atoms with Gasteiger partial charge in [-0.2, -0.15) is 0 Å². The lowest BCUT2D eigenvalue weighted by Gasteiger charge is -2.21. The molecule has 5 heteroatoms. The topological polar surface area (TPSA) is 46.1 Å². The number of para-hydroxylation sites is 1. The van der Waals surface area contributed by atoms with E-state index in [9.17, 15) is 0 Å². The highest BCUT2D eigenvalue weighted by Gasteiger charge is 2.24. The van der Waals surface area contributed by atoms with Gasteiger partial charge in [-0.25, -0.2) is 4.99 Å². The Kier molecular flexibility index (Phi) is 6.52. The quantitative estimate of drug-likeness (QED) is 0.646. The van der Waals surface area contributed by atoms with E-state index in [-0.39, 0.29) is 0 Å². The van der Waals surface area contributed by atoms with Crippen molar-refractivity contribution in [1.82, 2.24) is 10.2 Å². The summed E-state index contributed by atoms with van der Waals surface area (Å²) >= 11 is 0. The fourth-order valence-electron chi connectivity index (χ4n) is 2.82. The number of nitrogens with zero attached hydrogens (tertiary/aromatic N) is 2. The molecule has 5 nitrogen and oxygen atoms in total. The Bertz CT molecular complexity index is 491. The molecule has 1 heterocycles. The smallest absolute Gasteiger partial charge is 0.194 e. The largest absolute Gasteiger partial charge is 0.496 e. The Morgan fingerprint density at radius 1 is 1.36 bits per heavy atom. The molecule has 0 bridgehead atoms. The number of hydrogen-bond acceptors (Lipinski definition) is 3. The summed E-state index contributed by atoms with van der Waals surface area (Å²) in [6.07, 6.45) is 1.16. The second-order valence-electron chi connectivity index (χ2n) is 5.54. The van der Waals surface area contributed by atoms with Crippen LogP contribution in [0.3, 0.4) is 0 Å². The van der Waals surface area contributed by atoms with Crippen molar-refractivity contribution in [1.29, 1.82) is 0 Å². The van der Waals surface area contributed by atoms with Gasteiger partial charge in [-0.1, -0.05) is 18.2 Å². The molecule has 0 aliphatic carbocycles. The van der Waals surface area contributed by atoms with E-state index < -0.39 is 0 Å². The molecule has 1 saturated heterocycles. The van der Waals surface area contributed by atoms with Gasteiger partial charge in [0.05, 0.1) is 20.3 Å². The second-order valence-corrected chi connectivity index (χ2v) is 5.54. The van der Waals surface area contributed by atoms with Crippen molar-refractivity contribution >= 4 is 5.96 Å². The minimum absolute atomic E-state index is 0.597. The van der Waals surface area contributed by atoms with E-state index in [1.807, 2.05) is 18.2 Å². The van der Waals surface area contributed by atoms with Crippen molar-refractivity contribution in [3.05, 3.63) is 29.8 Å². The maximum absolute atomic E-state index is 5.39. The number of likely N-dealkylation sites (tertiary alicyclic amines) is 1. The maximum Gasteiger partial charge on any atom is 0.194 e. The minimum atomic E-state index is 0.597. The lowest BCUT2D eigenvalue weighted by atomic mass is 10.1. The number of aliphatic imine (C=N–C) groups is 1. The second kappa shape index (κ2) is 8.63. The van der Waals surface area contributed by atoms with Crippen LogP contribution in [0.25, 0.3) is 0 Å². The summed E-state index contributed by atoms with van der Waals surface area (Å²) in [4.78, 5) is 7.10. The number of benzene rings is 1. The van der Waals surface area contributed by atoms with E-state index in [0.29, 0.717) is 12.5 Å². The van der Waals surface area contributed by atoms with Gasteiger partial charge < -0.3 is 19.7 Å². The van der Waals surface area contributed by atoms with Crippen LogP contribution >= 0.6 is 0 Å². The Morgan fingerprint density at radius 2 is 2.18 bits per heavy atom. The molecule has 2 rings (SSSR count). The summed E-state index contributed by atoms with van der Waals surface area (Å²) in [7, 11) is 3.47. The highest BCUT2D eigenvalue weighted by Crippen LogP contribution is 2.19. The van der Waals surface area contributed by atoms with Gasteiger partial charge in [0.25, 0.3) is 0 Å². The van der Waals surface area contributed by atoms with Crippen LogP contribution in [0.5, 0.6) is 5.75 Å². The minimum Gasteiger partial charge on any atom is -0.496 e. The van der Waals surface area contributed by atoms with Crippen molar-refractivity contribution < 1.29 is 9.47 Å². The van der Waals surface area contributed by atoms with Gasteiger partial charge in [-0.3, -0.25) is 0 Å². The molecule has 1 aliphatic rings. The first-order valence-corrected chi connectivity index (χ1v) is 7.92. The van der Waals surface area contributed by atoms with Gasteiger partial charge in [0.1, 0.15) is 5.75 Å². The van der Waals surface area contributed by atoms with Gasteiger partial charge >= 0.3 is 0 Å². The third kappa shape index (κ3) is 4.37. The standard InChI is InChI=1S/C17H27N3O2/c1-4-18-17(20-10-9-14(12-20)13-21-2)19-11-15-7-5-6-8-16(15)22-3/h5-8,14H,4,9-13H2,1-3H3,(H,18,19). The molecule has 1 aromatic rings. The Morgan fingerprint density at radius 3 is 2.91 bits per heavy atom. The number of nitrogens with one attached hydrogen (secondary N) is 1. The van der Waals surface area contributed by atoms with Crippen LogP contribution in [-0.2, 0) is 11.3 Å². The van der Waals surface area contributed by atoms with Crippen LogP contribution in [0, 0.1) is 5.92 Å². The van der Waals surface area contributed by atoms with Crippen LogP contribution in [0.4, 0.5) is 0 Å². The molecule has 1 aliphatic heterocycles. The number of guanidine groups is 1. The molecule has 22 heavy (non-hydrogen) atoms. The zero-order valence-corrected chi connectivity index (χ0v) is 13.8. The number of methoxy groups -OCH3 is 2. The third-order valence-electron chi connectivity index (χ3n) is 3.91. The van der Waals surface area contributed by atoms with E-state index in [0.717, 1.165) is 49.9 Å². The molecule has 1 N–H and O–H groups in total. The Labute approximate surface area is 133 Å². The zero-order chi connectivity index (χ0) is 15.8. The number of hydrogen-bond donors (Lipinski definition) is 1. The Balaban J connectivity index is 2.04. The molecule has 0 amide bonds. The van der Waals surface area contributed by atoms with Crippen LogP contribution in [0.15, 0.2) is 29.3 Å². The summed E-state index contributed by atoms with van der Waals surface area (Å²) in [5, 5.41) is 3.39. The Hall–Kier alpha value is -1.75. The lowest BCUT2D eigenvalue weighted by Crippen LogP contribution is -2.40. The van der Waals surface area contributed by atoms with Crippen molar-refractivity contribution in [3.8, 4) is 5.75 Å². The molecule has 1 atom stereocenters. The normalized spacial score (nSPS) is 18.6. The van der Waals surface area contributed by atoms with Crippen LogP contribution in [-0.4, -0.2) is 51.3 Å². The molecule has 0 aromatic heterocycles. The summed E-state index contributed by atoms with van der Waals surface area (Å²) in [6.45, 7) is 6.45. The molecule has 1 aromatic carbocycles. The first-order valence-electron chi connectivity index (χ1n) is 7.92. The average molecular weight is 305 g/mol. The molecular formula is C17H27N3O2. The molecule has 0 spiro atoms. The molecule has 122 valence electrons. The van der Waals surface area contributed by atoms with Crippen molar-refractivity contribution in [3.63, 3.8) is 0 Å². The van der Waals surface area contributed by atoms with E-state index >= 15 is 0 Å². The highest BCUT2D eigenvalue weighted by atomic mass is 16.5. The van der Waals surface area contributed by atoms with Gasteiger partial charge in [-0.15, -0.1) is 0 Å². The van der Waals surface area contributed by atoms with Crippen molar-refractivity contribution in [2.45, 2.75) is 19.9 Å². The van der Waals surface area contributed by atoms with Gasteiger partial charge in [-0.05, 0) is 19.4 Å². The van der Waals surface area contributed by atoms with Gasteiger partial charge in [0.2, 0.25) is 0 Å². The third-order valence-corrected chi connectivity index (χ3v) is 3.91. The summed E-state index contributed by atoms with van der Waals surface area (Å²) in [6, 6.07) is 8.03. The molecule has 0 saturated carbocycles. The number of ether oxygens (including phenoxy) is 2. The van der Waals surface area contributed by atoms with Crippen LogP contribution in [0.2, 0.25) is 0 Å². The van der Waals surface area contributed by atoms with E-state index in [1.54, 1.807) is 14.2 Å². The monoisotopic (exact) mass is 305 g/mol. The fourth-order valence-corrected chi connectivity index (χ4v) is 2.82. The summed E-state index contributed by atoms with van der Waals surface area (Å²) in [5.74, 6) is 2.47. The predicted molar refractivity (Wildman–Crippen MR) is 89.4 cm³/mol. The van der Waals surface area contributed by atoms with Crippen molar-refractivity contribution in [2.24, 2.45) is 10.9 Å². The van der Waals surface area contributed by atoms with Gasteiger partial charge in [0.15, 0.2) is 5.96 Å². The maximum atomic E-state index is 5.39. The van der Waals surface area contributed by atoms with Crippen LogP contribution < -0.4 is 10.1 Å². The van der Waals surface area contributed by atoms with Crippen molar-refractivity contribution in [2.75, 3.05) is 40.5 Å². The zero-order valence-electron chi connectivity index (χ0n) is 13.8. The summed E-state index contributed by atoms with van der Waals surface area (Å²) in [5.41, 5.74) is 1.10. The van der Waals surface area contributed by atoms with E-state index in [2.05, 4.69) is 23.2 Å². The van der Waals surface area contributed by atoms with Gasteiger partial charge in [0, 0.05) is 38.2 Å². The summed E-state index contributed by atoms with van der Waals surface area (Å²) < 4.78 is 10.7. The average Bonchev–Trinajstić information content (AvgIpc) is 3.00. The van der Waals surface area contributed by atoms with Crippen LogP contribution in [0.1, 0.15) is 18.9 Å². The first-order chi connectivity index (χ1) is 10.8. The molecule has 1 fully saturated rings. The van der Waals surface area contributed by atoms with E-state index in [4.69, 9.17) is 14.5 Å². The fraction of sp³-hybridized carbons (Fsp3) is 0.588. The predicted octanol–water partition coefficient (Wildman–Crippen LogP) is 2.13. The SMILES string of the molecule is CCNC(=NCc1ccccc1OC)N1CCC(COC)C1.